The monoisotopic (exact) mass is 233 g/mol. The lowest BCUT2D eigenvalue weighted by molar-refractivity contribution is 0.108. The van der Waals surface area contributed by atoms with Gasteiger partial charge in [-0.05, 0) is 31.5 Å². The van der Waals surface area contributed by atoms with Crippen molar-refractivity contribution in [2.75, 3.05) is 19.6 Å². The van der Waals surface area contributed by atoms with Crippen LogP contribution in [0.25, 0.3) is 0 Å². The second kappa shape index (κ2) is 6.77. The van der Waals surface area contributed by atoms with Crippen LogP contribution in [0.2, 0.25) is 0 Å². The van der Waals surface area contributed by atoms with Crippen LogP contribution in [-0.2, 0) is 0 Å². The Morgan fingerprint density at radius 2 is 1.53 bits per heavy atom. The minimum absolute atomic E-state index is 0.337. The van der Waals surface area contributed by atoms with Crippen molar-refractivity contribution < 1.29 is 5.11 Å². The standard InChI is InChI=1S/C15H23NO/c17-15(14-9-5-4-6-10-14)13-16-11-7-2-1-3-8-12-16/h4-6,9-10,15,17H,1-3,7-8,11-13H2/t15-/m1/s1. The highest BCUT2D eigenvalue weighted by Crippen LogP contribution is 2.16. The van der Waals surface area contributed by atoms with E-state index >= 15 is 0 Å². The lowest BCUT2D eigenvalue weighted by Gasteiger charge is -2.26. The Kier molecular flexibility index (Phi) is 5.02. The Labute approximate surface area is 104 Å². The van der Waals surface area contributed by atoms with E-state index in [9.17, 15) is 5.11 Å². The summed E-state index contributed by atoms with van der Waals surface area (Å²) in [6.45, 7) is 3.07. The molecule has 1 heterocycles. The molecule has 94 valence electrons. The highest BCUT2D eigenvalue weighted by molar-refractivity contribution is 5.17. The van der Waals surface area contributed by atoms with Crippen LogP contribution in [0.15, 0.2) is 30.3 Å². The van der Waals surface area contributed by atoms with E-state index in [1.807, 2.05) is 30.3 Å². The van der Waals surface area contributed by atoms with Crippen molar-refractivity contribution in [1.82, 2.24) is 4.90 Å². The van der Waals surface area contributed by atoms with Gasteiger partial charge in [-0.2, -0.15) is 0 Å². The fourth-order valence-corrected chi connectivity index (χ4v) is 2.52. The first-order valence-electron chi connectivity index (χ1n) is 6.81. The van der Waals surface area contributed by atoms with Crippen molar-refractivity contribution in [2.45, 2.75) is 38.2 Å². The van der Waals surface area contributed by atoms with E-state index in [0.29, 0.717) is 0 Å². The third kappa shape index (κ3) is 4.14. The fourth-order valence-electron chi connectivity index (χ4n) is 2.52. The summed E-state index contributed by atoms with van der Waals surface area (Å²) in [5, 5.41) is 10.2. The zero-order valence-electron chi connectivity index (χ0n) is 10.5. The molecule has 1 aliphatic heterocycles. The summed E-state index contributed by atoms with van der Waals surface area (Å²) >= 11 is 0. The van der Waals surface area contributed by atoms with Gasteiger partial charge in [0.25, 0.3) is 0 Å². The third-order valence-corrected chi connectivity index (χ3v) is 3.56. The topological polar surface area (TPSA) is 23.5 Å². The van der Waals surface area contributed by atoms with Crippen molar-refractivity contribution in [3.05, 3.63) is 35.9 Å². The number of benzene rings is 1. The van der Waals surface area contributed by atoms with E-state index in [1.54, 1.807) is 0 Å². The quantitative estimate of drug-likeness (QED) is 0.867. The van der Waals surface area contributed by atoms with Crippen LogP contribution in [0.4, 0.5) is 0 Å². The van der Waals surface area contributed by atoms with Crippen LogP contribution >= 0.6 is 0 Å². The zero-order valence-corrected chi connectivity index (χ0v) is 10.5. The van der Waals surface area contributed by atoms with Gasteiger partial charge in [0.1, 0.15) is 0 Å². The molecule has 2 rings (SSSR count). The van der Waals surface area contributed by atoms with Crippen molar-refractivity contribution in [2.24, 2.45) is 0 Å². The number of hydrogen-bond donors (Lipinski definition) is 1. The predicted molar refractivity (Wildman–Crippen MR) is 70.9 cm³/mol. The molecule has 1 aromatic rings. The number of hydrogen-bond acceptors (Lipinski definition) is 2. The second-order valence-electron chi connectivity index (χ2n) is 4.99. The summed E-state index contributed by atoms with van der Waals surface area (Å²) in [7, 11) is 0. The molecule has 1 aliphatic rings. The lowest BCUT2D eigenvalue weighted by atomic mass is 10.1. The summed E-state index contributed by atoms with van der Waals surface area (Å²) in [5.41, 5.74) is 1.04. The van der Waals surface area contributed by atoms with Crippen molar-refractivity contribution in [3.8, 4) is 0 Å². The number of nitrogens with zero attached hydrogens (tertiary/aromatic N) is 1. The van der Waals surface area contributed by atoms with Crippen molar-refractivity contribution >= 4 is 0 Å². The molecule has 0 saturated carbocycles. The molecule has 1 aromatic carbocycles. The molecular formula is C15H23NO. The first kappa shape index (κ1) is 12.6. The Bertz CT molecular complexity index is 304. The molecule has 0 bridgehead atoms. The molecule has 0 amide bonds. The molecule has 0 spiro atoms. The molecule has 2 heteroatoms. The van der Waals surface area contributed by atoms with E-state index in [1.165, 1.54) is 32.1 Å². The van der Waals surface area contributed by atoms with E-state index in [0.717, 1.165) is 25.2 Å². The maximum absolute atomic E-state index is 10.2. The highest BCUT2D eigenvalue weighted by Gasteiger charge is 2.14. The summed E-state index contributed by atoms with van der Waals surface area (Å²) in [5.74, 6) is 0. The molecule has 0 aromatic heterocycles. The Balaban J connectivity index is 1.86. The predicted octanol–water partition coefficient (Wildman–Crippen LogP) is 2.99. The summed E-state index contributed by atoms with van der Waals surface area (Å²) < 4.78 is 0. The van der Waals surface area contributed by atoms with E-state index in [4.69, 9.17) is 0 Å². The van der Waals surface area contributed by atoms with Crippen LogP contribution in [0, 0.1) is 0 Å². The number of aliphatic hydroxyl groups excluding tert-OH is 1. The third-order valence-electron chi connectivity index (χ3n) is 3.56. The molecule has 1 atom stereocenters. The van der Waals surface area contributed by atoms with Gasteiger partial charge >= 0.3 is 0 Å². The highest BCUT2D eigenvalue weighted by atomic mass is 16.3. The van der Waals surface area contributed by atoms with Gasteiger partial charge in [-0.15, -0.1) is 0 Å². The van der Waals surface area contributed by atoms with Gasteiger partial charge in [0.2, 0.25) is 0 Å². The first-order valence-corrected chi connectivity index (χ1v) is 6.81. The summed E-state index contributed by atoms with van der Waals surface area (Å²) in [6, 6.07) is 9.99. The van der Waals surface area contributed by atoms with Crippen LogP contribution < -0.4 is 0 Å². The molecule has 1 N–H and O–H groups in total. The Hall–Kier alpha value is -0.860. The van der Waals surface area contributed by atoms with Gasteiger partial charge in [-0.1, -0.05) is 49.6 Å². The normalized spacial score (nSPS) is 20.5. The second-order valence-corrected chi connectivity index (χ2v) is 4.99. The SMILES string of the molecule is O[C@H](CN1CCCCCCC1)c1ccccc1. The molecule has 0 unspecified atom stereocenters. The smallest absolute Gasteiger partial charge is 0.0916 e. The average Bonchev–Trinajstić information content (AvgIpc) is 2.33. The van der Waals surface area contributed by atoms with E-state index in [-0.39, 0.29) is 6.10 Å². The maximum Gasteiger partial charge on any atom is 0.0916 e. The van der Waals surface area contributed by atoms with Gasteiger partial charge in [0.05, 0.1) is 6.10 Å². The molecule has 0 radical (unpaired) electrons. The number of β-amino-alcohol motifs (C(OH)–C–C–N with tert-alkyl or cyclic N) is 1. The van der Waals surface area contributed by atoms with E-state index < -0.39 is 0 Å². The number of aliphatic hydroxyl groups is 1. The summed E-state index contributed by atoms with van der Waals surface area (Å²) in [4.78, 5) is 2.41. The number of likely N-dealkylation sites (tertiary alicyclic amines) is 1. The van der Waals surface area contributed by atoms with Crippen LogP contribution in [-0.4, -0.2) is 29.6 Å². The molecule has 1 saturated heterocycles. The molecule has 17 heavy (non-hydrogen) atoms. The Morgan fingerprint density at radius 3 is 2.18 bits per heavy atom. The molecule has 2 nitrogen and oxygen atoms in total. The van der Waals surface area contributed by atoms with Crippen LogP contribution in [0.3, 0.4) is 0 Å². The van der Waals surface area contributed by atoms with Gasteiger partial charge in [0, 0.05) is 6.54 Å². The van der Waals surface area contributed by atoms with Gasteiger partial charge in [0.15, 0.2) is 0 Å². The fraction of sp³-hybridized carbons (Fsp3) is 0.600. The Morgan fingerprint density at radius 1 is 0.941 bits per heavy atom. The minimum atomic E-state index is -0.337. The average molecular weight is 233 g/mol. The maximum atomic E-state index is 10.2. The first-order chi connectivity index (χ1) is 8.36. The van der Waals surface area contributed by atoms with Crippen molar-refractivity contribution in [3.63, 3.8) is 0 Å². The van der Waals surface area contributed by atoms with Gasteiger partial charge in [-0.25, -0.2) is 0 Å². The number of rotatable bonds is 3. The van der Waals surface area contributed by atoms with Gasteiger partial charge < -0.3 is 10.0 Å². The van der Waals surface area contributed by atoms with Crippen LogP contribution in [0.1, 0.15) is 43.8 Å². The van der Waals surface area contributed by atoms with Gasteiger partial charge in [-0.3, -0.25) is 0 Å². The molecule has 1 fully saturated rings. The van der Waals surface area contributed by atoms with E-state index in [2.05, 4.69) is 4.90 Å². The lowest BCUT2D eigenvalue weighted by Crippen LogP contribution is -2.31. The minimum Gasteiger partial charge on any atom is -0.387 e. The molecular weight excluding hydrogens is 210 g/mol. The van der Waals surface area contributed by atoms with Crippen LogP contribution in [0.5, 0.6) is 0 Å². The molecule has 0 aliphatic carbocycles. The largest absolute Gasteiger partial charge is 0.387 e. The van der Waals surface area contributed by atoms with Crippen molar-refractivity contribution in [1.29, 1.82) is 0 Å². The zero-order chi connectivity index (χ0) is 11.9. The summed E-state index contributed by atoms with van der Waals surface area (Å²) in [6.07, 6.45) is 6.30.